The molecule has 4 rings (SSSR count). The molecule has 0 N–H and O–H groups in total. The van der Waals surface area contributed by atoms with E-state index in [1.54, 1.807) is 30.7 Å². The van der Waals surface area contributed by atoms with E-state index < -0.39 is 17.3 Å². The van der Waals surface area contributed by atoms with Crippen LogP contribution < -0.4 is 16.1 Å². The topological polar surface area (TPSA) is 85.4 Å². The maximum atomic E-state index is 14.1. The van der Waals surface area contributed by atoms with Gasteiger partial charge in [0.1, 0.15) is 11.6 Å². The summed E-state index contributed by atoms with van der Waals surface area (Å²) in [5, 5.41) is 0. The minimum Gasteiger partial charge on any atom is -0.367 e. The first kappa shape index (κ1) is 21.9. The number of nitrogens with zero attached hydrogens (tertiary/aromatic N) is 6. The van der Waals surface area contributed by atoms with Crippen LogP contribution in [0, 0.1) is 5.82 Å². The van der Waals surface area contributed by atoms with Crippen molar-refractivity contribution in [1.29, 1.82) is 0 Å². The summed E-state index contributed by atoms with van der Waals surface area (Å²) in [6, 6.07) is 6.13. The molecule has 0 radical (unpaired) electrons. The predicted molar refractivity (Wildman–Crippen MR) is 119 cm³/mol. The minimum atomic E-state index is -0.597. The SMILES string of the molecule is CC(=O)[C@H](C)n1c(CN2CCN(c3ccccc3F)CC2)nc2c1c(=O)n(C)c(=O)n2C. The molecule has 32 heavy (non-hydrogen) atoms. The van der Waals surface area contributed by atoms with Gasteiger partial charge in [0.25, 0.3) is 5.56 Å². The molecule has 3 aromatic rings. The van der Waals surface area contributed by atoms with Gasteiger partial charge in [-0.15, -0.1) is 0 Å². The number of carbonyl (C=O) groups is 1. The van der Waals surface area contributed by atoms with Crippen LogP contribution in [0.2, 0.25) is 0 Å². The van der Waals surface area contributed by atoms with Gasteiger partial charge in [-0.2, -0.15) is 0 Å². The molecule has 1 saturated heterocycles. The zero-order valence-electron chi connectivity index (χ0n) is 18.7. The fraction of sp³-hybridized carbons (Fsp3) is 0.455. The molecule has 0 spiro atoms. The van der Waals surface area contributed by atoms with Gasteiger partial charge in [-0.25, -0.2) is 14.2 Å². The van der Waals surface area contributed by atoms with Crippen molar-refractivity contribution < 1.29 is 9.18 Å². The molecule has 0 amide bonds. The second-order valence-corrected chi connectivity index (χ2v) is 8.28. The number of carbonyl (C=O) groups excluding carboxylic acids is 1. The largest absolute Gasteiger partial charge is 0.367 e. The highest BCUT2D eigenvalue weighted by molar-refractivity contribution is 5.82. The number of aromatic nitrogens is 4. The van der Waals surface area contributed by atoms with E-state index in [4.69, 9.17) is 0 Å². The van der Waals surface area contributed by atoms with Crippen LogP contribution in [-0.2, 0) is 25.4 Å². The van der Waals surface area contributed by atoms with Crippen LogP contribution >= 0.6 is 0 Å². The first-order valence-corrected chi connectivity index (χ1v) is 10.6. The lowest BCUT2D eigenvalue weighted by atomic mass is 10.2. The molecule has 0 bridgehead atoms. The van der Waals surface area contributed by atoms with Gasteiger partial charge in [-0.05, 0) is 26.0 Å². The molecule has 9 nitrogen and oxygen atoms in total. The quantitative estimate of drug-likeness (QED) is 0.587. The highest BCUT2D eigenvalue weighted by Gasteiger charge is 2.27. The maximum Gasteiger partial charge on any atom is 0.332 e. The molecular weight excluding hydrogens is 415 g/mol. The van der Waals surface area contributed by atoms with Crippen LogP contribution in [0.5, 0.6) is 0 Å². The van der Waals surface area contributed by atoms with Crippen molar-refractivity contribution in [3.8, 4) is 0 Å². The molecule has 2 aromatic heterocycles. The number of hydrogen-bond acceptors (Lipinski definition) is 6. The van der Waals surface area contributed by atoms with Crippen LogP contribution in [0.4, 0.5) is 10.1 Å². The summed E-state index contributed by atoms with van der Waals surface area (Å²) in [7, 11) is 2.98. The van der Waals surface area contributed by atoms with Crippen molar-refractivity contribution in [2.24, 2.45) is 14.1 Å². The zero-order chi connectivity index (χ0) is 23.2. The van der Waals surface area contributed by atoms with Crippen LogP contribution in [0.15, 0.2) is 33.9 Å². The van der Waals surface area contributed by atoms with Crippen molar-refractivity contribution in [2.75, 3.05) is 31.1 Å². The Morgan fingerprint density at radius 1 is 1.09 bits per heavy atom. The predicted octanol–water partition coefficient (Wildman–Crippen LogP) is 1.05. The van der Waals surface area contributed by atoms with E-state index in [0.717, 1.165) is 4.57 Å². The number of piperazine rings is 1. The lowest BCUT2D eigenvalue weighted by Crippen LogP contribution is -2.46. The summed E-state index contributed by atoms with van der Waals surface area (Å²) in [6.07, 6.45) is 0. The van der Waals surface area contributed by atoms with E-state index in [9.17, 15) is 18.8 Å². The number of Topliss-reactive ketones (excluding diaryl/α,β-unsaturated/α-hetero) is 1. The second kappa shape index (κ2) is 8.34. The van der Waals surface area contributed by atoms with Gasteiger partial charge >= 0.3 is 5.69 Å². The zero-order valence-corrected chi connectivity index (χ0v) is 18.7. The van der Waals surface area contributed by atoms with Crippen molar-refractivity contribution in [2.45, 2.75) is 26.4 Å². The van der Waals surface area contributed by atoms with Gasteiger partial charge in [0.05, 0.1) is 18.3 Å². The summed E-state index contributed by atoms with van der Waals surface area (Å²) in [5.74, 6) is 0.209. The lowest BCUT2D eigenvalue weighted by Gasteiger charge is -2.36. The van der Waals surface area contributed by atoms with E-state index in [-0.39, 0.29) is 22.8 Å². The number of rotatable bonds is 5. The number of imidazole rings is 1. The standard InChI is InChI=1S/C22H27FN6O3/c1-14(15(2)30)29-18(24-20-19(29)21(31)26(4)22(32)25(20)3)13-27-9-11-28(12-10-27)17-8-6-5-7-16(17)23/h5-8,14H,9-13H2,1-4H3/t14-/m0/s1. The molecule has 0 unspecified atom stereocenters. The second-order valence-electron chi connectivity index (χ2n) is 8.28. The maximum absolute atomic E-state index is 14.1. The monoisotopic (exact) mass is 442 g/mol. The molecule has 1 fully saturated rings. The normalized spacial score (nSPS) is 16.0. The van der Waals surface area contributed by atoms with Crippen molar-refractivity contribution in [3.05, 3.63) is 56.7 Å². The van der Waals surface area contributed by atoms with Gasteiger partial charge in [-0.3, -0.25) is 23.6 Å². The van der Waals surface area contributed by atoms with Gasteiger partial charge in [0, 0.05) is 40.3 Å². The smallest absolute Gasteiger partial charge is 0.332 e. The highest BCUT2D eigenvalue weighted by atomic mass is 19.1. The third kappa shape index (κ3) is 3.64. The molecule has 1 aromatic carbocycles. The summed E-state index contributed by atoms with van der Waals surface area (Å²) >= 11 is 0. The summed E-state index contributed by atoms with van der Waals surface area (Å²) in [5.41, 5.74) is 0.165. The van der Waals surface area contributed by atoms with Crippen LogP contribution in [0.3, 0.4) is 0 Å². The van der Waals surface area contributed by atoms with E-state index in [0.29, 0.717) is 44.2 Å². The molecule has 0 aliphatic carbocycles. The number of ketones is 1. The van der Waals surface area contributed by atoms with Crippen LogP contribution in [0.25, 0.3) is 11.2 Å². The Hall–Kier alpha value is -3.27. The third-order valence-corrected chi connectivity index (χ3v) is 6.27. The van der Waals surface area contributed by atoms with Crippen LogP contribution in [-0.4, -0.2) is 55.5 Å². The number of hydrogen-bond donors (Lipinski definition) is 0. The average molecular weight is 442 g/mol. The fourth-order valence-corrected chi connectivity index (χ4v) is 4.23. The van der Waals surface area contributed by atoms with Gasteiger partial charge in [0.15, 0.2) is 16.9 Å². The molecular formula is C22H27FN6O3. The average Bonchev–Trinajstić information content (AvgIpc) is 3.15. The Bertz CT molecular complexity index is 1300. The number of para-hydroxylation sites is 1. The van der Waals surface area contributed by atoms with E-state index in [1.807, 2.05) is 11.0 Å². The van der Waals surface area contributed by atoms with Crippen molar-refractivity contribution >= 4 is 22.6 Å². The summed E-state index contributed by atoms with van der Waals surface area (Å²) in [6.45, 7) is 6.24. The molecule has 1 aliphatic heterocycles. The Kier molecular flexibility index (Phi) is 5.72. The van der Waals surface area contributed by atoms with Gasteiger partial charge < -0.3 is 9.47 Å². The summed E-state index contributed by atoms with van der Waals surface area (Å²) < 4.78 is 18.2. The minimum absolute atomic E-state index is 0.106. The summed E-state index contributed by atoms with van der Waals surface area (Å²) in [4.78, 5) is 46.3. The molecule has 1 atom stereocenters. The Morgan fingerprint density at radius 3 is 2.38 bits per heavy atom. The van der Waals surface area contributed by atoms with Crippen molar-refractivity contribution in [3.63, 3.8) is 0 Å². The lowest BCUT2D eigenvalue weighted by molar-refractivity contribution is -0.119. The van der Waals surface area contributed by atoms with Crippen LogP contribution in [0.1, 0.15) is 25.7 Å². The molecule has 0 saturated carbocycles. The van der Waals surface area contributed by atoms with E-state index >= 15 is 0 Å². The van der Waals surface area contributed by atoms with E-state index in [2.05, 4.69) is 9.88 Å². The number of halogens is 1. The van der Waals surface area contributed by atoms with E-state index in [1.165, 1.54) is 24.6 Å². The molecule has 1 aliphatic rings. The highest BCUT2D eigenvalue weighted by Crippen LogP contribution is 2.23. The number of benzene rings is 1. The van der Waals surface area contributed by atoms with Crippen molar-refractivity contribution in [1.82, 2.24) is 23.6 Å². The molecule has 3 heterocycles. The Labute approximate surface area is 184 Å². The molecule has 170 valence electrons. The first-order chi connectivity index (χ1) is 15.2. The third-order valence-electron chi connectivity index (χ3n) is 6.27. The number of fused-ring (bicyclic) bond motifs is 1. The fourth-order valence-electron chi connectivity index (χ4n) is 4.23. The number of anilines is 1. The first-order valence-electron chi connectivity index (χ1n) is 10.6. The molecule has 10 heteroatoms. The number of aryl methyl sites for hydroxylation is 1. The Morgan fingerprint density at radius 2 is 1.75 bits per heavy atom. The Balaban J connectivity index is 1.67. The van der Waals surface area contributed by atoms with Gasteiger partial charge in [-0.1, -0.05) is 12.1 Å². The van der Waals surface area contributed by atoms with Gasteiger partial charge in [0.2, 0.25) is 0 Å².